The van der Waals surface area contributed by atoms with Crippen molar-refractivity contribution in [2.24, 2.45) is 5.92 Å². The number of benzene rings is 1. The average molecular weight is 431 g/mol. The van der Waals surface area contributed by atoms with E-state index in [9.17, 15) is 9.59 Å². The van der Waals surface area contributed by atoms with Crippen LogP contribution in [0.1, 0.15) is 40.7 Å². The summed E-state index contributed by atoms with van der Waals surface area (Å²) in [6.45, 7) is 2.50. The number of methoxy groups -OCH3 is 1. The summed E-state index contributed by atoms with van der Waals surface area (Å²) in [5.41, 5.74) is 2.81. The van der Waals surface area contributed by atoms with Gasteiger partial charge in [0, 0.05) is 31.5 Å². The Morgan fingerprint density at radius 1 is 1.31 bits per heavy atom. The average Bonchev–Trinajstić information content (AvgIpc) is 3.40. The fourth-order valence-electron chi connectivity index (χ4n) is 4.31. The van der Waals surface area contributed by atoms with E-state index in [1.165, 1.54) is 10.9 Å². The Balaban J connectivity index is 1.52. The van der Waals surface area contributed by atoms with E-state index in [-0.39, 0.29) is 17.5 Å². The van der Waals surface area contributed by atoms with Gasteiger partial charge in [0.1, 0.15) is 0 Å². The summed E-state index contributed by atoms with van der Waals surface area (Å²) < 4.78 is 6.59. The van der Waals surface area contributed by atoms with Gasteiger partial charge in [0.05, 0.1) is 29.4 Å². The minimum atomic E-state index is -0.254. The Bertz CT molecular complexity index is 1220. The van der Waals surface area contributed by atoms with Gasteiger partial charge in [0.15, 0.2) is 5.82 Å². The number of aryl methyl sites for hydroxylation is 1. The number of hydrogen-bond acceptors (Lipinski definition) is 5. The van der Waals surface area contributed by atoms with E-state index in [4.69, 9.17) is 10.00 Å². The molecule has 0 bridgehead atoms. The molecule has 2 N–H and O–H groups in total. The summed E-state index contributed by atoms with van der Waals surface area (Å²) >= 11 is 0. The van der Waals surface area contributed by atoms with Gasteiger partial charge in [-0.15, -0.1) is 0 Å². The lowest BCUT2D eigenvalue weighted by molar-refractivity contribution is 0.0898. The van der Waals surface area contributed by atoms with Crippen molar-refractivity contribution in [1.82, 2.24) is 20.1 Å². The van der Waals surface area contributed by atoms with Gasteiger partial charge in [-0.2, -0.15) is 5.26 Å². The lowest BCUT2D eigenvalue weighted by Crippen LogP contribution is -2.38. The van der Waals surface area contributed by atoms with Crippen LogP contribution in [0.2, 0.25) is 0 Å². The quantitative estimate of drug-likeness (QED) is 0.623. The Hall–Kier alpha value is -3.70. The summed E-state index contributed by atoms with van der Waals surface area (Å²) in [6.07, 6.45) is 6.17. The van der Waals surface area contributed by atoms with Gasteiger partial charge in [-0.3, -0.25) is 14.7 Å². The van der Waals surface area contributed by atoms with Crippen LogP contribution in [0, 0.1) is 24.2 Å². The molecule has 1 fully saturated rings. The van der Waals surface area contributed by atoms with Crippen LogP contribution in [-0.2, 0) is 4.74 Å². The zero-order valence-electron chi connectivity index (χ0n) is 18.1. The first-order chi connectivity index (χ1) is 15.5. The van der Waals surface area contributed by atoms with Crippen molar-refractivity contribution in [3.63, 3.8) is 0 Å². The number of pyridine rings is 1. The highest BCUT2D eigenvalue weighted by atomic mass is 16.5. The van der Waals surface area contributed by atoms with E-state index >= 15 is 0 Å². The van der Waals surface area contributed by atoms with E-state index in [0.29, 0.717) is 35.0 Å². The van der Waals surface area contributed by atoms with Crippen molar-refractivity contribution >= 4 is 5.91 Å². The highest BCUT2D eigenvalue weighted by Gasteiger charge is 2.28. The summed E-state index contributed by atoms with van der Waals surface area (Å²) in [6, 6.07) is 10.7. The molecule has 164 valence electrons. The molecule has 0 spiro atoms. The maximum atomic E-state index is 13.0. The van der Waals surface area contributed by atoms with Crippen molar-refractivity contribution in [3.8, 4) is 23.0 Å². The largest absolute Gasteiger partial charge is 0.384 e. The van der Waals surface area contributed by atoms with E-state index in [1.807, 2.05) is 6.92 Å². The first-order valence-electron chi connectivity index (χ1n) is 10.6. The number of aromatic amines is 1. The molecule has 2 aromatic heterocycles. The van der Waals surface area contributed by atoms with Gasteiger partial charge in [-0.1, -0.05) is 12.5 Å². The van der Waals surface area contributed by atoms with Crippen molar-refractivity contribution < 1.29 is 9.53 Å². The second kappa shape index (κ2) is 9.20. The van der Waals surface area contributed by atoms with Crippen LogP contribution < -0.4 is 10.9 Å². The normalized spacial score (nSPS) is 17.8. The molecule has 0 radical (unpaired) electrons. The fourth-order valence-corrected chi connectivity index (χ4v) is 4.31. The molecule has 4 rings (SSSR count). The van der Waals surface area contributed by atoms with Crippen LogP contribution in [-0.4, -0.2) is 40.4 Å². The number of H-pyrrole nitrogens is 1. The highest BCUT2D eigenvalue weighted by molar-refractivity contribution is 5.94. The zero-order chi connectivity index (χ0) is 22.7. The summed E-state index contributed by atoms with van der Waals surface area (Å²) in [7, 11) is 1.68. The molecule has 3 aromatic rings. The van der Waals surface area contributed by atoms with E-state index in [1.54, 1.807) is 43.6 Å². The van der Waals surface area contributed by atoms with Crippen molar-refractivity contribution in [3.05, 3.63) is 69.8 Å². The maximum Gasteiger partial charge on any atom is 0.280 e. The van der Waals surface area contributed by atoms with Gasteiger partial charge in [0.25, 0.3) is 11.5 Å². The van der Waals surface area contributed by atoms with Gasteiger partial charge >= 0.3 is 0 Å². The van der Waals surface area contributed by atoms with Crippen LogP contribution >= 0.6 is 0 Å². The van der Waals surface area contributed by atoms with Gasteiger partial charge in [-0.25, -0.2) is 9.67 Å². The van der Waals surface area contributed by atoms with Gasteiger partial charge in [0.2, 0.25) is 0 Å². The number of ether oxygens (including phenoxy) is 1. The minimum Gasteiger partial charge on any atom is -0.384 e. The molecule has 8 nitrogen and oxygen atoms in total. The lowest BCUT2D eigenvalue weighted by atomic mass is 10.0. The first-order valence-corrected chi connectivity index (χ1v) is 10.6. The minimum absolute atomic E-state index is 0.103. The molecule has 0 saturated heterocycles. The summed E-state index contributed by atoms with van der Waals surface area (Å²) in [5.74, 6) is 0.546. The SMILES string of the molecule is COCC1CCCC1NC(=O)c1ccc(-n2[nH]cc(-c3ccc(C#N)cc3C)c2=O)nc1. The topological polar surface area (TPSA) is 113 Å². The molecule has 1 amide bonds. The number of amides is 1. The monoisotopic (exact) mass is 431 g/mol. The van der Waals surface area contributed by atoms with E-state index in [2.05, 4.69) is 21.5 Å². The molecule has 2 atom stereocenters. The molecule has 1 saturated carbocycles. The summed E-state index contributed by atoms with van der Waals surface area (Å²) in [4.78, 5) is 29.9. The maximum absolute atomic E-state index is 13.0. The third-order valence-corrected chi connectivity index (χ3v) is 6.01. The molecule has 2 unspecified atom stereocenters. The second-order valence-corrected chi connectivity index (χ2v) is 8.10. The zero-order valence-corrected chi connectivity index (χ0v) is 18.1. The molecular formula is C24H25N5O3. The predicted octanol–water partition coefficient (Wildman–Crippen LogP) is 2.95. The van der Waals surface area contributed by atoms with Crippen molar-refractivity contribution in [2.75, 3.05) is 13.7 Å². The highest BCUT2D eigenvalue weighted by Crippen LogP contribution is 2.26. The first kappa shape index (κ1) is 21.5. The number of nitriles is 1. The van der Waals surface area contributed by atoms with Crippen LogP contribution in [0.5, 0.6) is 0 Å². The molecule has 1 aliphatic rings. The Morgan fingerprint density at radius 2 is 2.16 bits per heavy atom. The molecule has 2 heterocycles. The number of nitrogens with zero attached hydrogens (tertiary/aromatic N) is 3. The second-order valence-electron chi connectivity index (χ2n) is 8.10. The number of carbonyl (C=O) groups is 1. The molecular weight excluding hydrogens is 406 g/mol. The Kier molecular flexibility index (Phi) is 6.19. The molecule has 1 aromatic carbocycles. The number of hydrogen-bond donors (Lipinski definition) is 2. The van der Waals surface area contributed by atoms with Gasteiger partial charge < -0.3 is 10.1 Å². The van der Waals surface area contributed by atoms with Crippen molar-refractivity contribution in [1.29, 1.82) is 5.26 Å². The van der Waals surface area contributed by atoms with Gasteiger partial charge in [-0.05, 0) is 55.2 Å². The van der Waals surface area contributed by atoms with Crippen LogP contribution in [0.25, 0.3) is 16.9 Å². The molecule has 1 aliphatic carbocycles. The van der Waals surface area contributed by atoms with Crippen LogP contribution in [0.3, 0.4) is 0 Å². The Morgan fingerprint density at radius 3 is 2.84 bits per heavy atom. The number of carbonyl (C=O) groups excluding carboxylic acids is 1. The molecule has 32 heavy (non-hydrogen) atoms. The number of rotatable bonds is 6. The summed E-state index contributed by atoms with van der Waals surface area (Å²) in [5, 5.41) is 15.1. The van der Waals surface area contributed by atoms with E-state index < -0.39 is 0 Å². The smallest absolute Gasteiger partial charge is 0.280 e. The standard InChI is InChI=1S/C24H25N5O3/c1-15-10-16(11-25)6-8-19(15)20-13-27-29(24(20)31)22-9-7-17(12-26-22)23(30)28-21-5-3-4-18(21)14-32-2/h6-10,12-13,18,21,27H,3-5,14H2,1-2H3,(H,28,30). The predicted molar refractivity (Wildman–Crippen MR) is 120 cm³/mol. The van der Waals surface area contributed by atoms with Crippen LogP contribution in [0.15, 0.2) is 47.5 Å². The van der Waals surface area contributed by atoms with Crippen LogP contribution in [0.4, 0.5) is 0 Å². The number of nitrogens with one attached hydrogen (secondary N) is 2. The third-order valence-electron chi connectivity index (χ3n) is 6.01. The fraction of sp³-hybridized carbons (Fsp3) is 0.333. The molecule has 0 aliphatic heterocycles. The third kappa shape index (κ3) is 4.20. The van der Waals surface area contributed by atoms with Crippen molar-refractivity contribution in [2.45, 2.75) is 32.2 Å². The number of aromatic nitrogens is 3. The van der Waals surface area contributed by atoms with E-state index in [0.717, 1.165) is 30.4 Å². The Labute approximate surface area is 185 Å². The lowest BCUT2D eigenvalue weighted by Gasteiger charge is -2.20. The molecule has 8 heteroatoms.